The Morgan fingerprint density at radius 3 is 2.81 bits per heavy atom. The van der Waals surface area contributed by atoms with E-state index in [0.29, 0.717) is 12.1 Å². The van der Waals surface area contributed by atoms with Crippen molar-refractivity contribution in [3.8, 4) is 5.75 Å². The van der Waals surface area contributed by atoms with Crippen molar-refractivity contribution in [1.82, 2.24) is 4.57 Å². The number of hydrogen-bond acceptors (Lipinski definition) is 2. The van der Waals surface area contributed by atoms with Crippen LogP contribution in [0.5, 0.6) is 5.75 Å². The molecule has 106 valence electrons. The number of rotatable bonds is 4. The van der Waals surface area contributed by atoms with Crippen LogP contribution in [-0.2, 0) is 6.54 Å². The third-order valence-corrected chi connectivity index (χ3v) is 4.14. The molecule has 0 amide bonds. The fourth-order valence-corrected chi connectivity index (χ4v) is 3.11. The quantitative estimate of drug-likeness (QED) is 0.662. The Morgan fingerprint density at radius 2 is 2.10 bits per heavy atom. The van der Waals surface area contributed by atoms with E-state index in [1.54, 1.807) is 7.11 Å². The molecule has 0 fully saturated rings. The van der Waals surface area contributed by atoms with Gasteiger partial charge in [0.1, 0.15) is 5.75 Å². The fourth-order valence-electron chi connectivity index (χ4n) is 2.52. The highest BCUT2D eigenvalue weighted by atomic mass is 79.9. The molecule has 0 aliphatic carbocycles. The Kier molecular flexibility index (Phi) is 3.80. The summed E-state index contributed by atoms with van der Waals surface area (Å²) in [4.78, 5) is 11.2. The highest BCUT2D eigenvalue weighted by molar-refractivity contribution is 9.10. The van der Waals surface area contributed by atoms with Gasteiger partial charge in [-0.05, 0) is 45.8 Å². The maximum atomic E-state index is 11.2. The lowest BCUT2D eigenvalue weighted by molar-refractivity contribution is 0.112. The van der Waals surface area contributed by atoms with Crippen LogP contribution in [0.25, 0.3) is 10.9 Å². The summed E-state index contributed by atoms with van der Waals surface area (Å²) in [5.74, 6) is 0.810. The van der Waals surface area contributed by atoms with Gasteiger partial charge in [-0.3, -0.25) is 4.79 Å². The number of aromatic nitrogens is 1. The maximum absolute atomic E-state index is 11.2. The van der Waals surface area contributed by atoms with Crippen molar-refractivity contribution in [1.29, 1.82) is 0 Å². The summed E-state index contributed by atoms with van der Waals surface area (Å²) < 4.78 is 8.26. The van der Waals surface area contributed by atoms with E-state index in [0.717, 1.165) is 33.0 Å². The zero-order valence-corrected chi connectivity index (χ0v) is 13.1. The topological polar surface area (TPSA) is 31.2 Å². The molecule has 3 aromatic rings. The van der Waals surface area contributed by atoms with Crippen LogP contribution >= 0.6 is 15.9 Å². The number of fused-ring (bicyclic) bond motifs is 1. The number of aldehydes is 1. The standard InChI is InChI=1S/C17H14BrNO2/c1-21-16-6-5-12(9-15(16)18)10-19-8-7-13-3-2-4-14(11-20)17(13)19/h2-9,11H,10H2,1H3. The molecule has 0 N–H and O–H groups in total. The van der Waals surface area contributed by atoms with Gasteiger partial charge in [-0.15, -0.1) is 0 Å². The van der Waals surface area contributed by atoms with E-state index in [-0.39, 0.29) is 0 Å². The van der Waals surface area contributed by atoms with Crippen molar-refractivity contribution in [2.24, 2.45) is 0 Å². The third-order valence-electron chi connectivity index (χ3n) is 3.52. The monoisotopic (exact) mass is 343 g/mol. The molecule has 1 aromatic heterocycles. The molecule has 1 heterocycles. The van der Waals surface area contributed by atoms with Gasteiger partial charge < -0.3 is 9.30 Å². The molecule has 2 aromatic carbocycles. The Morgan fingerprint density at radius 1 is 1.24 bits per heavy atom. The van der Waals surface area contributed by atoms with Crippen LogP contribution in [0.4, 0.5) is 0 Å². The van der Waals surface area contributed by atoms with Gasteiger partial charge >= 0.3 is 0 Å². The van der Waals surface area contributed by atoms with Gasteiger partial charge in [0, 0.05) is 23.7 Å². The van der Waals surface area contributed by atoms with Crippen LogP contribution < -0.4 is 4.74 Å². The zero-order valence-electron chi connectivity index (χ0n) is 11.5. The van der Waals surface area contributed by atoms with Gasteiger partial charge in [0.25, 0.3) is 0 Å². The second-order valence-electron chi connectivity index (χ2n) is 4.82. The molecule has 0 unspecified atom stereocenters. The number of carbonyl (C=O) groups is 1. The Balaban J connectivity index is 2.02. The summed E-state index contributed by atoms with van der Waals surface area (Å²) >= 11 is 3.50. The fraction of sp³-hybridized carbons (Fsp3) is 0.118. The number of ether oxygens (including phenoxy) is 1. The molecule has 0 aliphatic heterocycles. The molecule has 0 atom stereocenters. The molecule has 4 heteroatoms. The summed E-state index contributed by atoms with van der Waals surface area (Å²) in [5.41, 5.74) is 2.82. The molecule has 3 rings (SSSR count). The Hall–Kier alpha value is -2.07. The molecule has 0 radical (unpaired) electrons. The molecule has 0 saturated heterocycles. The number of para-hydroxylation sites is 1. The number of benzene rings is 2. The van der Waals surface area contributed by atoms with Crippen molar-refractivity contribution in [2.75, 3.05) is 7.11 Å². The van der Waals surface area contributed by atoms with Crippen molar-refractivity contribution >= 4 is 33.1 Å². The minimum absolute atomic E-state index is 0.705. The van der Waals surface area contributed by atoms with Gasteiger partial charge in [0.2, 0.25) is 0 Å². The molecule has 0 saturated carbocycles. The zero-order chi connectivity index (χ0) is 14.8. The van der Waals surface area contributed by atoms with Crippen LogP contribution in [0.2, 0.25) is 0 Å². The number of carbonyl (C=O) groups excluding carboxylic acids is 1. The Bertz CT molecular complexity index is 808. The van der Waals surface area contributed by atoms with E-state index in [1.807, 2.05) is 48.7 Å². The summed E-state index contributed by atoms with van der Waals surface area (Å²) in [6.45, 7) is 0.705. The lowest BCUT2D eigenvalue weighted by Gasteiger charge is -2.09. The van der Waals surface area contributed by atoms with E-state index < -0.39 is 0 Å². The third kappa shape index (κ3) is 2.59. The molecule has 0 spiro atoms. The highest BCUT2D eigenvalue weighted by Gasteiger charge is 2.08. The average Bonchev–Trinajstić information content (AvgIpc) is 2.91. The first-order chi connectivity index (χ1) is 10.2. The summed E-state index contributed by atoms with van der Waals surface area (Å²) in [6, 6.07) is 13.8. The number of halogens is 1. The number of methoxy groups -OCH3 is 1. The van der Waals surface area contributed by atoms with Crippen LogP contribution in [0.15, 0.2) is 53.1 Å². The predicted octanol–water partition coefficient (Wildman–Crippen LogP) is 4.27. The predicted molar refractivity (Wildman–Crippen MR) is 87.1 cm³/mol. The van der Waals surface area contributed by atoms with Gasteiger partial charge in [0.15, 0.2) is 6.29 Å². The summed E-state index contributed by atoms with van der Waals surface area (Å²) in [6.07, 6.45) is 2.92. The van der Waals surface area contributed by atoms with Crippen LogP contribution in [0.1, 0.15) is 15.9 Å². The summed E-state index contributed by atoms with van der Waals surface area (Å²) in [7, 11) is 1.65. The average molecular weight is 344 g/mol. The lowest BCUT2D eigenvalue weighted by Crippen LogP contribution is -2.00. The minimum atomic E-state index is 0.705. The summed E-state index contributed by atoms with van der Waals surface area (Å²) in [5, 5.41) is 1.08. The Labute approximate surface area is 131 Å². The van der Waals surface area contributed by atoms with E-state index in [9.17, 15) is 4.79 Å². The van der Waals surface area contributed by atoms with Crippen LogP contribution in [0.3, 0.4) is 0 Å². The molecule has 3 nitrogen and oxygen atoms in total. The molecule has 0 bridgehead atoms. The second kappa shape index (κ2) is 5.74. The van der Waals surface area contributed by atoms with Crippen LogP contribution in [-0.4, -0.2) is 18.0 Å². The first-order valence-electron chi connectivity index (χ1n) is 6.58. The van der Waals surface area contributed by atoms with Crippen molar-refractivity contribution in [2.45, 2.75) is 6.54 Å². The van der Waals surface area contributed by atoms with Gasteiger partial charge in [-0.2, -0.15) is 0 Å². The molecule has 0 aliphatic rings. The first kappa shape index (κ1) is 13.9. The number of nitrogens with zero attached hydrogens (tertiary/aromatic N) is 1. The molecular formula is C17H14BrNO2. The second-order valence-corrected chi connectivity index (χ2v) is 5.67. The van der Waals surface area contributed by atoms with Crippen molar-refractivity contribution < 1.29 is 9.53 Å². The van der Waals surface area contributed by atoms with Gasteiger partial charge in [0.05, 0.1) is 17.1 Å². The smallest absolute Gasteiger partial charge is 0.152 e. The van der Waals surface area contributed by atoms with E-state index in [2.05, 4.69) is 20.5 Å². The van der Waals surface area contributed by atoms with Crippen LogP contribution in [0, 0.1) is 0 Å². The van der Waals surface area contributed by atoms with Gasteiger partial charge in [-0.25, -0.2) is 0 Å². The minimum Gasteiger partial charge on any atom is -0.496 e. The molecular weight excluding hydrogens is 330 g/mol. The van der Waals surface area contributed by atoms with E-state index >= 15 is 0 Å². The lowest BCUT2D eigenvalue weighted by atomic mass is 10.1. The number of hydrogen-bond donors (Lipinski definition) is 0. The van der Waals surface area contributed by atoms with Gasteiger partial charge in [-0.1, -0.05) is 18.2 Å². The highest BCUT2D eigenvalue weighted by Crippen LogP contribution is 2.27. The largest absolute Gasteiger partial charge is 0.496 e. The van der Waals surface area contributed by atoms with Crippen molar-refractivity contribution in [3.05, 3.63) is 64.3 Å². The van der Waals surface area contributed by atoms with E-state index in [1.165, 1.54) is 0 Å². The maximum Gasteiger partial charge on any atom is 0.152 e. The van der Waals surface area contributed by atoms with Crippen molar-refractivity contribution in [3.63, 3.8) is 0 Å². The molecule has 21 heavy (non-hydrogen) atoms. The van der Waals surface area contributed by atoms with E-state index in [4.69, 9.17) is 4.74 Å². The first-order valence-corrected chi connectivity index (χ1v) is 7.37. The normalized spacial score (nSPS) is 10.8. The SMILES string of the molecule is COc1ccc(Cn2ccc3cccc(C=O)c32)cc1Br.